The quantitative estimate of drug-likeness (QED) is 0.413. The summed E-state index contributed by atoms with van der Waals surface area (Å²) in [7, 11) is 0. The predicted molar refractivity (Wildman–Crippen MR) is 97.5 cm³/mol. The van der Waals surface area contributed by atoms with Crippen molar-refractivity contribution in [3.05, 3.63) is 23.7 Å². The van der Waals surface area contributed by atoms with Crippen LogP contribution < -0.4 is 16.7 Å². The van der Waals surface area contributed by atoms with Gasteiger partial charge < -0.3 is 15.9 Å². The van der Waals surface area contributed by atoms with Gasteiger partial charge in [-0.05, 0) is 46.0 Å². The zero-order chi connectivity index (χ0) is 17.2. The van der Waals surface area contributed by atoms with E-state index in [0.717, 1.165) is 31.4 Å². The molecule has 0 saturated heterocycles. The van der Waals surface area contributed by atoms with Gasteiger partial charge in [-0.2, -0.15) is 0 Å². The molecular weight excluding hydrogens is 272 g/mol. The highest BCUT2D eigenvalue weighted by atomic mass is 15.4. The summed E-state index contributed by atoms with van der Waals surface area (Å²) in [6.07, 6.45) is 9.67. The first kappa shape index (κ1) is 20.8. The molecule has 0 saturated carbocycles. The predicted octanol–water partition coefficient (Wildman–Crippen LogP) is 4.43. The Morgan fingerprint density at radius 2 is 1.68 bits per heavy atom. The molecule has 4 nitrogen and oxygen atoms in total. The minimum atomic E-state index is -0.0838. The molecule has 0 radical (unpaired) electrons. The van der Waals surface area contributed by atoms with Gasteiger partial charge in [0, 0.05) is 23.1 Å². The van der Waals surface area contributed by atoms with E-state index in [9.17, 15) is 0 Å². The van der Waals surface area contributed by atoms with Gasteiger partial charge in [-0.15, -0.1) is 0 Å². The molecule has 0 rings (SSSR count). The molecule has 0 aliphatic rings. The van der Waals surface area contributed by atoms with Gasteiger partial charge in [0.25, 0.3) is 0 Å². The minimum absolute atomic E-state index is 0.0838. The summed E-state index contributed by atoms with van der Waals surface area (Å²) in [6, 6.07) is 0. The highest BCUT2D eigenvalue weighted by Crippen LogP contribution is 2.13. The van der Waals surface area contributed by atoms with Crippen LogP contribution in [0, 0.1) is 5.92 Å². The van der Waals surface area contributed by atoms with Gasteiger partial charge in [-0.1, -0.05) is 46.6 Å². The standard InChI is InChI=1S/C18H38N4/c1-8-10-12-16(13-15(3)4)20-21-17(11-9-2)14-22(19)18(5,6)7/h12,14-15,20-21H,8-11,13,19H2,1-7H3/b16-12+,17-14+. The fraction of sp³-hybridized carbons (Fsp3) is 0.778. The topological polar surface area (TPSA) is 53.3 Å². The van der Waals surface area contributed by atoms with Crippen molar-refractivity contribution in [1.29, 1.82) is 0 Å². The van der Waals surface area contributed by atoms with Crippen molar-refractivity contribution in [3.8, 4) is 0 Å². The van der Waals surface area contributed by atoms with Crippen molar-refractivity contribution >= 4 is 0 Å². The van der Waals surface area contributed by atoms with Gasteiger partial charge in [-0.3, -0.25) is 0 Å². The first-order valence-corrected chi connectivity index (χ1v) is 8.66. The molecule has 0 bridgehead atoms. The summed E-state index contributed by atoms with van der Waals surface area (Å²) in [6.45, 7) is 15.2. The number of hydrogen-bond donors (Lipinski definition) is 3. The summed E-state index contributed by atoms with van der Waals surface area (Å²) in [5.74, 6) is 6.76. The number of hydrazine groups is 2. The SMILES string of the molecule is CCC/C=C(\CC(C)C)NN/C(=C/N(N)C(C)(C)C)CCC. The molecule has 0 aromatic rings. The molecule has 0 amide bonds. The molecule has 0 atom stereocenters. The number of hydrogen-bond acceptors (Lipinski definition) is 4. The highest BCUT2D eigenvalue weighted by molar-refractivity contribution is 5.05. The monoisotopic (exact) mass is 310 g/mol. The Kier molecular flexibility index (Phi) is 9.99. The maximum absolute atomic E-state index is 6.12. The molecule has 22 heavy (non-hydrogen) atoms. The van der Waals surface area contributed by atoms with Gasteiger partial charge in [0.15, 0.2) is 0 Å². The lowest BCUT2D eigenvalue weighted by atomic mass is 10.1. The molecule has 130 valence electrons. The molecule has 0 fully saturated rings. The van der Waals surface area contributed by atoms with Crippen LogP contribution in [0.15, 0.2) is 23.7 Å². The van der Waals surface area contributed by atoms with Gasteiger partial charge in [-0.25, -0.2) is 5.84 Å². The molecule has 0 aromatic carbocycles. The number of nitrogens with two attached hydrogens (primary N) is 1. The fourth-order valence-corrected chi connectivity index (χ4v) is 1.89. The Hall–Kier alpha value is -1.16. The highest BCUT2D eigenvalue weighted by Gasteiger charge is 2.15. The van der Waals surface area contributed by atoms with Crippen molar-refractivity contribution < 1.29 is 0 Å². The molecule has 0 aliphatic heterocycles. The van der Waals surface area contributed by atoms with Crippen LogP contribution >= 0.6 is 0 Å². The Bertz CT molecular complexity index is 351. The van der Waals surface area contributed by atoms with Crippen molar-refractivity contribution in [2.24, 2.45) is 11.8 Å². The van der Waals surface area contributed by atoms with E-state index in [2.05, 4.69) is 65.4 Å². The van der Waals surface area contributed by atoms with Crippen molar-refractivity contribution in [2.45, 2.75) is 86.1 Å². The molecule has 0 spiro atoms. The maximum Gasteiger partial charge on any atom is 0.0487 e. The number of nitrogens with zero attached hydrogens (tertiary/aromatic N) is 1. The third-order valence-corrected chi connectivity index (χ3v) is 3.28. The Balaban J connectivity index is 4.82. The van der Waals surface area contributed by atoms with Gasteiger partial charge >= 0.3 is 0 Å². The summed E-state index contributed by atoms with van der Waals surface area (Å²) >= 11 is 0. The largest absolute Gasteiger partial charge is 0.311 e. The number of nitrogens with one attached hydrogen (secondary N) is 2. The summed E-state index contributed by atoms with van der Waals surface area (Å²) in [5.41, 5.74) is 9.04. The Morgan fingerprint density at radius 3 is 2.14 bits per heavy atom. The summed E-state index contributed by atoms with van der Waals surface area (Å²) < 4.78 is 0. The normalized spacial score (nSPS) is 13.5. The molecule has 0 aromatic heterocycles. The second-order valence-electron chi connectivity index (χ2n) is 7.35. The molecule has 0 unspecified atom stereocenters. The number of unbranched alkanes of at least 4 members (excludes halogenated alkanes) is 1. The smallest absolute Gasteiger partial charge is 0.0487 e. The Morgan fingerprint density at radius 1 is 1.09 bits per heavy atom. The van der Waals surface area contributed by atoms with Crippen molar-refractivity contribution in [3.63, 3.8) is 0 Å². The lowest BCUT2D eigenvalue weighted by Crippen LogP contribution is -2.44. The van der Waals surface area contributed by atoms with Crippen LogP contribution in [0.25, 0.3) is 0 Å². The van der Waals surface area contributed by atoms with Crippen LogP contribution in [0.1, 0.15) is 80.6 Å². The van der Waals surface area contributed by atoms with Gasteiger partial charge in [0.2, 0.25) is 0 Å². The molecule has 0 heterocycles. The van der Waals surface area contributed by atoms with E-state index < -0.39 is 0 Å². The molecular formula is C18H38N4. The van der Waals surface area contributed by atoms with E-state index >= 15 is 0 Å². The van der Waals surface area contributed by atoms with Crippen LogP contribution in [-0.4, -0.2) is 10.5 Å². The van der Waals surface area contributed by atoms with Gasteiger partial charge in [0.05, 0.1) is 0 Å². The maximum atomic E-state index is 6.12. The first-order valence-electron chi connectivity index (χ1n) is 8.66. The number of allylic oxidation sites excluding steroid dienone is 3. The molecule has 4 heteroatoms. The zero-order valence-electron chi connectivity index (χ0n) is 15.8. The van der Waals surface area contributed by atoms with E-state index in [0.29, 0.717) is 5.92 Å². The Labute approximate surface area is 138 Å². The van der Waals surface area contributed by atoms with E-state index in [4.69, 9.17) is 5.84 Å². The van der Waals surface area contributed by atoms with Crippen LogP contribution in [0.5, 0.6) is 0 Å². The summed E-state index contributed by atoms with van der Waals surface area (Å²) in [4.78, 5) is 0. The summed E-state index contributed by atoms with van der Waals surface area (Å²) in [5, 5.41) is 1.77. The van der Waals surface area contributed by atoms with Crippen LogP contribution in [-0.2, 0) is 0 Å². The van der Waals surface area contributed by atoms with Crippen LogP contribution in [0.2, 0.25) is 0 Å². The second-order valence-corrected chi connectivity index (χ2v) is 7.35. The fourth-order valence-electron chi connectivity index (χ4n) is 1.89. The van der Waals surface area contributed by atoms with Crippen molar-refractivity contribution in [1.82, 2.24) is 15.9 Å². The third-order valence-electron chi connectivity index (χ3n) is 3.28. The average molecular weight is 311 g/mol. The van der Waals surface area contributed by atoms with E-state index in [-0.39, 0.29) is 5.54 Å². The lowest BCUT2D eigenvalue weighted by molar-refractivity contribution is 0.207. The van der Waals surface area contributed by atoms with E-state index in [1.807, 2.05) is 6.20 Å². The van der Waals surface area contributed by atoms with Gasteiger partial charge in [0.1, 0.15) is 0 Å². The number of rotatable bonds is 10. The average Bonchev–Trinajstić information content (AvgIpc) is 2.40. The van der Waals surface area contributed by atoms with Crippen LogP contribution in [0.3, 0.4) is 0 Å². The zero-order valence-corrected chi connectivity index (χ0v) is 15.8. The van der Waals surface area contributed by atoms with E-state index in [1.165, 1.54) is 12.1 Å². The third kappa shape index (κ3) is 9.72. The molecule has 0 aliphatic carbocycles. The van der Waals surface area contributed by atoms with E-state index in [1.54, 1.807) is 5.01 Å². The lowest BCUT2D eigenvalue weighted by Gasteiger charge is -2.31. The van der Waals surface area contributed by atoms with Crippen LogP contribution in [0.4, 0.5) is 0 Å². The molecule has 4 N–H and O–H groups in total. The second kappa shape index (κ2) is 10.5. The minimum Gasteiger partial charge on any atom is -0.311 e. The van der Waals surface area contributed by atoms with Crippen molar-refractivity contribution in [2.75, 3.05) is 0 Å². The first-order chi connectivity index (χ1) is 10.2.